The zero-order valence-corrected chi connectivity index (χ0v) is 11.4. The Labute approximate surface area is 113 Å². The molecule has 0 aromatic heterocycles. The molecule has 1 aromatic carbocycles. The van der Waals surface area contributed by atoms with Gasteiger partial charge in [-0.1, -0.05) is 0 Å². The minimum Gasteiger partial charge on any atom is -0.478 e. The van der Waals surface area contributed by atoms with Gasteiger partial charge in [0.25, 0.3) is 0 Å². The van der Waals surface area contributed by atoms with E-state index in [1.807, 2.05) is 0 Å². The third kappa shape index (κ3) is 2.66. The number of nitrogens with one attached hydrogen (secondary N) is 1. The number of nitrogens with zero attached hydrogens (tertiary/aromatic N) is 1. The third-order valence-corrected chi connectivity index (χ3v) is 4.11. The highest BCUT2D eigenvalue weighted by Crippen LogP contribution is 2.36. The molecule has 0 radical (unpaired) electrons. The van der Waals surface area contributed by atoms with Crippen LogP contribution in [0.2, 0.25) is 0 Å². The number of carboxylic acids is 1. The van der Waals surface area contributed by atoms with Gasteiger partial charge in [0.2, 0.25) is 0 Å². The number of nitrogens with two attached hydrogens (primary N) is 1. The summed E-state index contributed by atoms with van der Waals surface area (Å²) in [4.78, 5) is 13.4. The Bertz CT molecular complexity index is 482. The maximum absolute atomic E-state index is 11.2. The van der Waals surface area contributed by atoms with Crippen LogP contribution >= 0.6 is 0 Å². The Balaban J connectivity index is 2.15. The molecule has 5 nitrogen and oxygen atoms in total. The zero-order valence-electron chi connectivity index (χ0n) is 11.4. The first-order chi connectivity index (χ1) is 8.94. The molecule has 0 unspecified atom stereocenters. The standard InChI is InChI=1S/C14H21N3O2/c1-17(2)14(6-3-7-14)9-16-12-8-10(15)4-5-11(12)13(18)19/h4-5,8,16H,3,6-7,9,15H2,1-2H3,(H,18,19). The normalized spacial score (nSPS) is 17.0. The van der Waals surface area contributed by atoms with E-state index in [2.05, 4.69) is 24.3 Å². The van der Waals surface area contributed by atoms with Crippen LogP contribution in [-0.2, 0) is 0 Å². The smallest absolute Gasteiger partial charge is 0.337 e. The number of anilines is 2. The van der Waals surface area contributed by atoms with Crippen LogP contribution in [0.3, 0.4) is 0 Å². The van der Waals surface area contributed by atoms with E-state index in [4.69, 9.17) is 5.73 Å². The van der Waals surface area contributed by atoms with Crippen LogP contribution in [0.25, 0.3) is 0 Å². The average molecular weight is 263 g/mol. The number of likely N-dealkylation sites (N-methyl/N-ethyl adjacent to an activating group) is 1. The molecule has 1 saturated carbocycles. The molecule has 2 rings (SSSR count). The Morgan fingerprint density at radius 1 is 1.47 bits per heavy atom. The number of rotatable bonds is 5. The second-order valence-corrected chi connectivity index (χ2v) is 5.44. The van der Waals surface area contributed by atoms with Crippen molar-refractivity contribution >= 4 is 17.3 Å². The molecule has 0 aliphatic heterocycles. The van der Waals surface area contributed by atoms with Crippen molar-refractivity contribution in [3.8, 4) is 0 Å². The number of benzene rings is 1. The lowest BCUT2D eigenvalue weighted by Gasteiger charge is -2.47. The largest absolute Gasteiger partial charge is 0.478 e. The van der Waals surface area contributed by atoms with E-state index in [1.54, 1.807) is 18.2 Å². The zero-order chi connectivity index (χ0) is 14.0. The maximum atomic E-state index is 11.2. The van der Waals surface area contributed by atoms with E-state index < -0.39 is 5.97 Å². The minimum atomic E-state index is -0.935. The molecule has 0 atom stereocenters. The molecule has 1 fully saturated rings. The number of hydrogen-bond acceptors (Lipinski definition) is 4. The number of aromatic carboxylic acids is 1. The van der Waals surface area contributed by atoms with Gasteiger partial charge in [0.15, 0.2) is 0 Å². The van der Waals surface area contributed by atoms with Gasteiger partial charge < -0.3 is 21.1 Å². The summed E-state index contributed by atoms with van der Waals surface area (Å²) in [5.74, 6) is -0.935. The van der Waals surface area contributed by atoms with Crippen LogP contribution in [0, 0.1) is 0 Å². The molecule has 4 N–H and O–H groups in total. The van der Waals surface area contributed by atoms with Gasteiger partial charge >= 0.3 is 5.97 Å². The third-order valence-electron chi connectivity index (χ3n) is 4.11. The van der Waals surface area contributed by atoms with E-state index in [-0.39, 0.29) is 11.1 Å². The van der Waals surface area contributed by atoms with E-state index >= 15 is 0 Å². The molecule has 1 aromatic rings. The van der Waals surface area contributed by atoms with Crippen molar-refractivity contribution in [2.45, 2.75) is 24.8 Å². The van der Waals surface area contributed by atoms with E-state index in [0.29, 0.717) is 11.4 Å². The number of carbonyl (C=O) groups is 1. The lowest BCUT2D eigenvalue weighted by atomic mass is 9.75. The second kappa shape index (κ2) is 5.09. The molecular formula is C14H21N3O2. The van der Waals surface area contributed by atoms with Crippen LogP contribution in [0.4, 0.5) is 11.4 Å². The van der Waals surface area contributed by atoms with Crippen LogP contribution in [-0.4, -0.2) is 42.2 Å². The Kier molecular flexibility index (Phi) is 3.66. The fourth-order valence-electron chi connectivity index (χ4n) is 2.52. The molecule has 104 valence electrons. The summed E-state index contributed by atoms with van der Waals surface area (Å²) in [6, 6.07) is 4.84. The molecule has 0 heterocycles. The van der Waals surface area contributed by atoms with Gasteiger partial charge in [-0.05, 0) is 51.6 Å². The van der Waals surface area contributed by atoms with E-state index in [9.17, 15) is 9.90 Å². The molecular weight excluding hydrogens is 242 g/mol. The fourth-order valence-corrected chi connectivity index (χ4v) is 2.52. The molecule has 1 aliphatic rings. The van der Waals surface area contributed by atoms with E-state index in [0.717, 1.165) is 19.4 Å². The van der Waals surface area contributed by atoms with Crippen molar-refractivity contribution in [2.24, 2.45) is 0 Å². The van der Waals surface area contributed by atoms with Crippen molar-refractivity contribution in [3.63, 3.8) is 0 Å². The predicted octanol–water partition coefficient (Wildman–Crippen LogP) is 1.86. The highest BCUT2D eigenvalue weighted by atomic mass is 16.4. The fraction of sp³-hybridized carbons (Fsp3) is 0.500. The highest BCUT2D eigenvalue weighted by Gasteiger charge is 2.38. The summed E-state index contributed by atoms with van der Waals surface area (Å²) in [6.45, 7) is 0.740. The molecule has 0 amide bonds. The second-order valence-electron chi connectivity index (χ2n) is 5.44. The number of hydrogen-bond donors (Lipinski definition) is 3. The van der Waals surface area contributed by atoms with Gasteiger partial charge in [-0.2, -0.15) is 0 Å². The topological polar surface area (TPSA) is 78.6 Å². The van der Waals surface area contributed by atoms with E-state index in [1.165, 1.54) is 6.42 Å². The van der Waals surface area contributed by atoms with Crippen LogP contribution in [0.1, 0.15) is 29.6 Å². The van der Waals surface area contributed by atoms with Gasteiger partial charge in [-0.25, -0.2) is 4.79 Å². The molecule has 1 aliphatic carbocycles. The van der Waals surface area contributed by atoms with Crippen molar-refractivity contribution in [1.82, 2.24) is 4.90 Å². The first kappa shape index (κ1) is 13.7. The summed E-state index contributed by atoms with van der Waals surface area (Å²) in [5, 5.41) is 12.4. The summed E-state index contributed by atoms with van der Waals surface area (Å²) in [7, 11) is 4.14. The molecule has 0 saturated heterocycles. The lowest BCUT2D eigenvalue weighted by Crippen LogP contribution is -2.54. The van der Waals surface area contributed by atoms with Crippen LogP contribution < -0.4 is 11.1 Å². The van der Waals surface area contributed by atoms with Gasteiger partial charge in [0.1, 0.15) is 0 Å². The van der Waals surface area contributed by atoms with Crippen molar-refractivity contribution in [3.05, 3.63) is 23.8 Å². The van der Waals surface area contributed by atoms with Crippen molar-refractivity contribution in [1.29, 1.82) is 0 Å². The number of nitrogen functional groups attached to an aromatic ring is 1. The average Bonchev–Trinajstić information content (AvgIpc) is 2.26. The summed E-state index contributed by atoms with van der Waals surface area (Å²) >= 11 is 0. The first-order valence-corrected chi connectivity index (χ1v) is 6.49. The van der Waals surface area contributed by atoms with Gasteiger partial charge in [-0.3, -0.25) is 0 Å². The molecule has 5 heteroatoms. The quantitative estimate of drug-likeness (QED) is 0.707. The monoisotopic (exact) mass is 263 g/mol. The van der Waals surface area contributed by atoms with Gasteiger partial charge in [-0.15, -0.1) is 0 Å². The van der Waals surface area contributed by atoms with Gasteiger partial charge in [0, 0.05) is 17.8 Å². The highest BCUT2D eigenvalue weighted by molar-refractivity contribution is 5.95. The Morgan fingerprint density at radius 3 is 2.63 bits per heavy atom. The van der Waals surface area contributed by atoms with Crippen molar-refractivity contribution in [2.75, 3.05) is 31.7 Å². The SMILES string of the molecule is CN(C)C1(CNc2cc(N)ccc2C(=O)O)CCC1. The maximum Gasteiger partial charge on any atom is 0.337 e. The predicted molar refractivity (Wildman–Crippen MR) is 76.6 cm³/mol. The Morgan fingerprint density at radius 2 is 2.16 bits per heavy atom. The summed E-state index contributed by atoms with van der Waals surface area (Å²) in [6.07, 6.45) is 3.50. The minimum absolute atomic E-state index is 0.139. The molecule has 0 bridgehead atoms. The van der Waals surface area contributed by atoms with Crippen LogP contribution in [0.5, 0.6) is 0 Å². The lowest BCUT2D eigenvalue weighted by molar-refractivity contribution is 0.0693. The first-order valence-electron chi connectivity index (χ1n) is 6.49. The number of carboxylic acid groups (broad SMARTS) is 1. The molecule has 0 spiro atoms. The molecule has 19 heavy (non-hydrogen) atoms. The van der Waals surface area contributed by atoms with Gasteiger partial charge in [0.05, 0.1) is 11.3 Å². The Hall–Kier alpha value is -1.75. The van der Waals surface area contributed by atoms with Crippen molar-refractivity contribution < 1.29 is 9.90 Å². The van der Waals surface area contributed by atoms with Crippen LogP contribution in [0.15, 0.2) is 18.2 Å². The summed E-state index contributed by atoms with van der Waals surface area (Å²) in [5.41, 5.74) is 7.30. The summed E-state index contributed by atoms with van der Waals surface area (Å²) < 4.78 is 0.